The molecule has 1 N–H and O–H groups in total. The molecule has 0 radical (unpaired) electrons. The van der Waals surface area contributed by atoms with Crippen molar-refractivity contribution in [2.45, 2.75) is 51.3 Å². The van der Waals surface area contributed by atoms with Crippen LogP contribution in [0.5, 0.6) is 5.75 Å². The number of rotatable bonds is 4. The zero-order chi connectivity index (χ0) is 20.4. The molecule has 0 bridgehead atoms. The lowest BCUT2D eigenvalue weighted by atomic mass is 9.88. The summed E-state index contributed by atoms with van der Waals surface area (Å²) in [4.78, 5) is 15.4. The lowest BCUT2D eigenvalue weighted by Crippen LogP contribution is -2.45. The first-order valence-electron chi connectivity index (χ1n) is 10.5. The van der Waals surface area contributed by atoms with Crippen LogP contribution >= 0.6 is 11.6 Å². The van der Waals surface area contributed by atoms with Gasteiger partial charge in [0, 0.05) is 29.5 Å². The first-order chi connectivity index (χ1) is 13.9. The Morgan fingerprint density at radius 1 is 1.14 bits per heavy atom. The molecular formula is C24H29ClN2O2. The Bertz CT molecular complexity index is 875. The first-order valence-corrected chi connectivity index (χ1v) is 10.8. The maximum absolute atomic E-state index is 13.0. The van der Waals surface area contributed by atoms with Gasteiger partial charge in [0.2, 0.25) is 5.91 Å². The predicted octanol–water partition coefficient (Wildman–Crippen LogP) is 4.97. The van der Waals surface area contributed by atoms with E-state index >= 15 is 0 Å². The Balaban J connectivity index is 1.35. The summed E-state index contributed by atoms with van der Waals surface area (Å²) in [5, 5.41) is 4.13. The number of fused-ring (bicyclic) bond motifs is 1. The van der Waals surface area contributed by atoms with Gasteiger partial charge in [-0.25, -0.2) is 0 Å². The molecule has 0 spiro atoms. The van der Waals surface area contributed by atoms with Crippen molar-refractivity contribution in [2.24, 2.45) is 5.92 Å². The van der Waals surface area contributed by atoms with Crippen LogP contribution in [0.3, 0.4) is 0 Å². The molecule has 1 fully saturated rings. The molecule has 29 heavy (non-hydrogen) atoms. The summed E-state index contributed by atoms with van der Waals surface area (Å²) in [6.45, 7) is 6.83. The van der Waals surface area contributed by atoms with Gasteiger partial charge in [-0.05, 0) is 57.5 Å². The number of piperidine rings is 1. The normalized spacial score (nSPS) is 21.8. The van der Waals surface area contributed by atoms with E-state index in [4.69, 9.17) is 16.3 Å². The molecule has 0 aliphatic carbocycles. The van der Waals surface area contributed by atoms with Crippen LogP contribution in [0.4, 0.5) is 0 Å². The Morgan fingerprint density at radius 3 is 2.59 bits per heavy atom. The second-order valence-corrected chi connectivity index (χ2v) is 9.21. The lowest BCUT2D eigenvalue weighted by Gasteiger charge is -2.39. The van der Waals surface area contributed by atoms with E-state index in [9.17, 15) is 4.79 Å². The van der Waals surface area contributed by atoms with E-state index in [1.165, 1.54) is 0 Å². The predicted molar refractivity (Wildman–Crippen MR) is 116 cm³/mol. The maximum atomic E-state index is 13.0. The Kier molecular flexibility index (Phi) is 5.84. The van der Waals surface area contributed by atoms with Crippen molar-refractivity contribution in [1.29, 1.82) is 0 Å². The molecule has 4 rings (SSSR count). The van der Waals surface area contributed by atoms with Crippen LogP contribution in [-0.2, 0) is 11.3 Å². The number of benzene rings is 2. The third kappa shape index (κ3) is 4.76. The average molecular weight is 413 g/mol. The molecule has 2 aromatic carbocycles. The lowest BCUT2D eigenvalue weighted by molar-refractivity contribution is -0.127. The van der Waals surface area contributed by atoms with Gasteiger partial charge < -0.3 is 10.1 Å². The van der Waals surface area contributed by atoms with E-state index in [1.807, 2.05) is 36.4 Å². The second kappa shape index (κ2) is 8.37. The molecule has 0 aromatic heterocycles. The summed E-state index contributed by atoms with van der Waals surface area (Å²) in [7, 11) is 0. The minimum absolute atomic E-state index is 0.00334. The summed E-state index contributed by atoms with van der Waals surface area (Å²) in [5.41, 5.74) is 1.94. The van der Waals surface area contributed by atoms with E-state index in [-0.39, 0.29) is 23.5 Å². The van der Waals surface area contributed by atoms with Crippen LogP contribution in [0.2, 0.25) is 5.02 Å². The SMILES string of the molecule is CC1(C)CC(NC(=O)C2CCN(Cc3ccccc3Cl)CC2)c2ccccc2O1. The highest BCUT2D eigenvalue weighted by Gasteiger charge is 2.35. The van der Waals surface area contributed by atoms with E-state index < -0.39 is 0 Å². The highest BCUT2D eigenvalue weighted by Crippen LogP contribution is 2.39. The Morgan fingerprint density at radius 2 is 1.83 bits per heavy atom. The van der Waals surface area contributed by atoms with Crippen molar-refractivity contribution >= 4 is 17.5 Å². The molecule has 4 nitrogen and oxygen atoms in total. The number of carbonyl (C=O) groups excluding carboxylic acids is 1. The van der Waals surface area contributed by atoms with Crippen LogP contribution in [-0.4, -0.2) is 29.5 Å². The van der Waals surface area contributed by atoms with Gasteiger partial charge in [0.05, 0.1) is 6.04 Å². The van der Waals surface area contributed by atoms with Crippen LogP contribution in [0, 0.1) is 5.92 Å². The topological polar surface area (TPSA) is 41.6 Å². The molecular weight excluding hydrogens is 384 g/mol. The molecule has 1 saturated heterocycles. The van der Waals surface area contributed by atoms with E-state index in [0.717, 1.165) is 60.8 Å². The fraction of sp³-hybridized carbons (Fsp3) is 0.458. The zero-order valence-electron chi connectivity index (χ0n) is 17.2. The van der Waals surface area contributed by atoms with Gasteiger partial charge in [-0.1, -0.05) is 48.0 Å². The van der Waals surface area contributed by atoms with Crippen LogP contribution in [0.15, 0.2) is 48.5 Å². The largest absolute Gasteiger partial charge is 0.487 e. The van der Waals surface area contributed by atoms with Crippen molar-refractivity contribution in [3.05, 3.63) is 64.7 Å². The van der Waals surface area contributed by atoms with Gasteiger partial charge in [-0.3, -0.25) is 9.69 Å². The minimum Gasteiger partial charge on any atom is -0.487 e. The first kappa shape index (κ1) is 20.2. The Hall–Kier alpha value is -2.04. The second-order valence-electron chi connectivity index (χ2n) is 8.81. The van der Waals surface area contributed by atoms with Crippen LogP contribution in [0.1, 0.15) is 50.3 Å². The monoisotopic (exact) mass is 412 g/mol. The van der Waals surface area contributed by atoms with Crippen molar-refractivity contribution in [1.82, 2.24) is 10.2 Å². The number of amides is 1. The zero-order valence-corrected chi connectivity index (χ0v) is 17.9. The van der Waals surface area contributed by atoms with Crippen LogP contribution < -0.4 is 10.1 Å². The van der Waals surface area contributed by atoms with Gasteiger partial charge in [-0.15, -0.1) is 0 Å². The minimum atomic E-state index is -0.287. The van der Waals surface area contributed by atoms with E-state index in [0.29, 0.717) is 0 Å². The Labute approximate surface area is 178 Å². The summed E-state index contributed by atoms with van der Waals surface area (Å²) >= 11 is 6.29. The number of likely N-dealkylation sites (tertiary alicyclic amines) is 1. The third-order valence-electron chi connectivity index (χ3n) is 6.00. The number of halogens is 1. The highest BCUT2D eigenvalue weighted by molar-refractivity contribution is 6.31. The molecule has 2 aromatic rings. The van der Waals surface area contributed by atoms with Crippen LogP contribution in [0.25, 0.3) is 0 Å². The maximum Gasteiger partial charge on any atom is 0.223 e. The average Bonchev–Trinajstić information content (AvgIpc) is 2.69. The molecule has 2 heterocycles. The van der Waals surface area contributed by atoms with Gasteiger partial charge in [0.15, 0.2) is 0 Å². The number of nitrogens with one attached hydrogen (secondary N) is 1. The summed E-state index contributed by atoms with van der Waals surface area (Å²) in [6.07, 6.45) is 2.54. The van der Waals surface area contributed by atoms with Gasteiger partial charge in [0.1, 0.15) is 11.4 Å². The van der Waals surface area contributed by atoms with E-state index in [1.54, 1.807) is 0 Å². The number of hydrogen-bond donors (Lipinski definition) is 1. The number of hydrogen-bond acceptors (Lipinski definition) is 3. The number of carbonyl (C=O) groups is 1. The van der Waals surface area contributed by atoms with Crippen molar-refractivity contribution in [2.75, 3.05) is 13.1 Å². The molecule has 1 unspecified atom stereocenters. The summed E-state index contributed by atoms with van der Waals surface area (Å²) in [5.74, 6) is 1.11. The fourth-order valence-electron chi connectivity index (χ4n) is 4.44. The quantitative estimate of drug-likeness (QED) is 0.770. The molecule has 5 heteroatoms. The molecule has 2 aliphatic rings. The molecule has 0 saturated carbocycles. The molecule has 1 amide bonds. The van der Waals surface area contributed by atoms with Crippen molar-refractivity contribution < 1.29 is 9.53 Å². The standard InChI is InChI=1S/C24H29ClN2O2/c1-24(2)15-21(19-8-4-6-10-22(19)29-24)26-23(28)17-11-13-27(14-12-17)16-18-7-3-5-9-20(18)25/h3-10,17,21H,11-16H2,1-2H3,(H,26,28). The number of nitrogens with zero attached hydrogens (tertiary/aromatic N) is 1. The summed E-state index contributed by atoms with van der Waals surface area (Å²) < 4.78 is 6.09. The molecule has 154 valence electrons. The smallest absolute Gasteiger partial charge is 0.223 e. The third-order valence-corrected chi connectivity index (χ3v) is 6.37. The van der Waals surface area contributed by atoms with Gasteiger partial charge in [-0.2, -0.15) is 0 Å². The highest BCUT2D eigenvalue weighted by atomic mass is 35.5. The summed E-state index contributed by atoms with van der Waals surface area (Å²) in [6, 6.07) is 16.0. The molecule has 1 atom stereocenters. The molecule has 2 aliphatic heterocycles. The van der Waals surface area contributed by atoms with Crippen molar-refractivity contribution in [3.63, 3.8) is 0 Å². The van der Waals surface area contributed by atoms with Crippen molar-refractivity contribution in [3.8, 4) is 5.75 Å². The fourth-order valence-corrected chi connectivity index (χ4v) is 4.64. The number of para-hydroxylation sites is 1. The van der Waals surface area contributed by atoms with Gasteiger partial charge in [0.25, 0.3) is 0 Å². The number of ether oxygens (including phenoxy) is 1. The van der Waals surface area contributed by atoms with E-state index in [2.05, 4.69) is 36.2 Å². The van der Waals surface area contributed by atoms with Gasteiger partial charge >= 0.3 is 0 Å².